The summed E-state index contributed by atoms with van der Waals surface area (Å²) >= 11 is 5.79. The minimum Gasteiger partial charge on any atom is -0.360 e. The van der Waals surface area contributed by atoms with Crippen LogP contribution in [0.3, 0.4) is 0 Å². The lowest BCUT2D eigenvalue weighted by Gasteiger charge is -2.02. The number of carbonyl (C=O) groups excluding carboxylic acids is 1. The molecule has 2 rings (SSSR count). The van der Waals surface area contributed by atoms with E-state index in [0.717, 1.165) is 5.56 Å². The molecule has 18 heavy (non-hydrogen) atoms. The Morgan fingerprint density at radius 3 is 2.72 bits per heavy atom. The fourth-order valence-corrected chi connectivity index (χ4v) is 1.67. The topological polar surface area (TPSA) is 55.1 Å². The molecule has 0 saturated heterocycles. The lowest BCUT2D eigenvalue weighted by molar-refractivity contribution is -0.116. The van der Waals surface area contributed by atoms with Gasteiger partial charge in [0.25, 0.3) is 0 Å². The Morgan fingerprint density at radius 2 is 2.11 bits per heavy atom. The van der Waals surface area contributed by atoms with Gasteiger partial charge in [0.15, 0.2) is 5.82 Å². The smallest absolute Gasteiger partial charge is 0.225 e. The molecular weight excluding hydrogens is 252 g/mol. The summed E-state index contributed by atoms with van der Waals surface area (Å²) in [5.41, 5.74) is 1.07. The van der Waals surface area contributed by atoms with E-state index in [1.54, 1.807) is 13.0 Å². The number of nitrogens with zero attached hydrogens (tertiary/aromatic N) is 1. The van der Waals surface area contributed by atoms with Gasteiger partial charge in [0.1, 0.15) is 5.76 Å². The van der Waals surface area contributed by atoms with Crippen molar-refractivity contribution in [1.82, 2.24) is 5.16 Å². The molecule has 1 aromatic carbocycles. The molecule has 0 fully saturated rings. The SMILES string of the molecule is Cc1cc(NC(=O)CCc2ccc(Cl)cc2)no1. The van der Waals surface area contributed by atoms with Crippen LogP contribution in [-0.4, -0.2) is 11.1 Å². The third kappa shape index (κ3) is 3.60. The molecule has 0 atom stereocenters. The zero-order valence-corrected chi connectivity index (χ0v) is 10.7. The average molecular weight is 265 g/mol. The van der Waals surface area contributed by atoms with Crippen LogP contribution in [0.25, 0.3) is 0 Å². The van der Waals surface area contributed by atoms with Crippen LogP contribution < -0.4 is 5.32 Å². The van der Waals surface area contributed by atoms with Gasteiger partial charge in [0.2, 0.25) is 5.91 Å². The van der Waals surface area contributed by atoms with E-state index in [1.807, 2.05) is 24.3 Å². The summed E-state index contributed by atoms with van der Waals surface area (Å²) in [7, 11) is 0. The first kappa shape index (κ1) is 12.6. The monoisotopic (exact) mass is 264 g/mol. The summed E-state index contributed by atoms with van der Waals surface area (Å²) in [6.45, 7) is 1.77. The fraction of sp³-hybridized carbons (Fsp3) is 0.231. The molecule has 0 radical (unpaired) electrons. The van der Waals surface area contributed by atoms with Gasteiger partial charge >= 0.3 is 0 Å². The molecule has 1 N–H and O–H groups in total. The number of amides is 1. The van der Waals surface area contributed by atoms with Gasteiger partial charge in [-0.05, 0) is 31.0 Å². The van der Waals surface area contributed by atoms with E-state index < -0.39 is 0 Å². The van der Waals surface area contributed by atoms with Gasteiger partial charge in [-0.3, -0.25) is 4.79 Å². The molecule has 0 aliphatic rings. The second-order valence-electron chi connectivity index (χ2n) is 4.00. The number of benzene rings is 1. The van der Waals surface area contributed by atoms with Crippen LogP contribution in [0.5, 0.6) is 0 Å². The second-order valence-corrected chi connectivity index (χ2v) is 4.43. The van der Waals surface area contributed by atoms with Gasteiger partial charge in [-0.1, -0.05) is 28.9 Å². The Morgan fingerprint density at radius 1 is 1.39 bits per heavy atom. The first-order valence-corrected chi connectivity index (χ1v) is 5.99. The van der Waals surface area contributed by atoms with Crippen molar-refractivity contribution in [3.8, 4) is 0 Å². The Labute approximate surface area is 110 Å². The van der Waals surface area contributed by atoms with Crippen LogP contribution in [0.4, 0.5) is 5.82 Å². The maximum absolute atomic E-state index is 11.6. The molecule has 0 aliphatic heterocycles. The molecule has 2 aromatic rings. The number of rotatable bonds is 4. The number of nitrogens with one attached hydrogen (secondary N) is 1. The molecule has 1 aromatic heterocycles. The summed E-state index contributed by atoms with van der Waals surface area (Å²) < 4.78 is 4.86. The maximum atomic E-state index is 11.6. The first-order chi connectivity index (χ1) is 8.63. The summed E-state index contributed by atoms with van der Waals surface area (Å²) in [5.74, 6) is 1.04. The third-order valence-electron chi connectivity index (χ3n) is 2.45. The average Bonchev–Trinajstić information content (AvgIpc) is 2.74. The van der Waals surface area contributed by atoms with Gasteiger partial charge in [0.05, 0.1) is 0 Å². The Hall–Kier alpha value is -1.81. The zero-order chi connectivity index (χ0) is 13.0. The lowest BCUT2D eigenvalue weighted by atomic mass is 10.1. The van der Waals surface area contributed by atoms with Crippen LogP contribution in [0, 0.1) is 6.92 Å². The standard InChI is InChI=1S/C13H13ClN2O2/c1-9-8-12(16-18-9)15-13(17)7-4-10-2-5-11(14)6-3-10/h2-3,5-6,8H,4,7H2,1H3,(H,15,16,17). The van der Waals surface area contributed by atoms with E-state index in [0.29, 0.717) is 29.4 Å². The molecule has 1 heterocycles. The minimum absolute atomic E-state index is 0.0850. The van der Waals surface area contributed by atoms with Gasteiger partial charge in [-0.15, -0.1) is 0 Å². The second kappa shape index (κ2) is 5.69. The Bertz CT molecular complexity index is 534. The van der Waals surface area contributed by atoms with Crippen molar-refractivity contribution in [2.45, 2.75) is 19.8 Å². The Balaban J connectivity index is 1.83. The van der Waals surface area contributed by atoms with E-state index in [-0.39, 0.29) is 5.91 Å². The van der Waals surface area contributed by atoms with E-state index in [2.05, 4.69) is 10.5 Å². The quantitative estimate of drug-likeness (QED) is 0.923. The van der Waals surface area contributed by atoms with Crippen LogP contribution in [-0.2, 0) is 11.2 Å². The highest BCUT2D eigenvalue weighted by Crippen LogP contribution is 2.12. The van der Waals surface area contributed by atoms with Crippen LogP contribution in [0.15, 0.2) is 34.9 Å². The lowest BCUT2D eigenvalue weighted by Crippen LogP contribution is -2.12. The largest absolute Gasteiger partial charge is 0.360 e. The molecular formula is C13H13ClN2O2. The Kier molecular flexibility index (Phi) is 3.99. The predicted octanol–water partition coefficient (Wildman–Crippen LogP) is 3.21. The highest BCUT2D eigenvalue weighted by molar-refractivity contribution is 6.30. The molecule has 0 unspecified atom stereocenters. The van der Waals surface area contributed by atoms with Gasteiger partial charge in [-0.25, -0.2) is 0 Å². The van der Waals surface area contributed by atoms with Crippen molar-refractivity contribution in [2.75, 3.05) is 5.32 Å². The number of halogens is 1. The van der Waals surface area contributed by atoms with Crippen molar-refractivity contribution in [3.63, 3.8) is 0 Å². The number of aromatic nitrogens is 1. The number of aryl methyl sites for hydroxylation is 2. The normalized spacial score (nSPS) is 10.3. The molecule has 5 heteroatoms. The molecule has 4 nitrogen and oxygen atoms in total. The van der Waals surface area contributed by atoms with Crippen molar-refractivity contribution in [3.05, 3.63) is 46.7 Å². The molecule has 94 valence electrons. The summed E-state index contributed by atoms with van der Waals surface area (Å²) in [5, 5.41) is 7.07. The summed E-state index contributed by atoms with van der Waals surface area (Å²) in [4.78, 5) is 11.6. The van der Waals surface area contributed by atoms with E-state index in [1.165, 1.54) is 0 Å². The van der Waals surface area contributed by atoms with E-state index >= 15 is 0 Å². The number of hydrogen-bond acceptors (Lipinski definition) is 3. The highest BCUT2D eigenvalue weighted by Gasteiger charge is 2.06. The number of carbonyl (C=O) groups is 1. The van der Waals surface area contributed by atoms with Crippen LogP contribution in [0.2, 0.25) is 5.02 Å². The van der Waals surface area contributed by atoms with Gasteiger partial charge in [0, 0.05) is 17.5 Å². The predicted molar refractivity (Wildman–Crippen MR) is 69.6 cm³/mol. The van der Waals surface area contributed by atoms with Gasteiger partial charge in [-0.2, -0.15) is 0 Å². The maximum Gasteiger partial charge on any atom is 0.225 e. The van der Waals surface area contributed by atoms with E-state index in [4.69, 9.17) is 16.1 Å². The summed E-state index contributed by atoms with van der Waals surface area (Å²) in [6.07, 6.45) is 1.06. The zero-order valence-electron chi connectivity index (χ0n) is 9.94. The minimum atomic E-state index is -0.0850. The molecule has 0 bridgehead atoms. The highest BCUT2D eigenvalue weighted by atomic mass is 35.5. The number of hydrogen-bond donors (Lipinski definition) is 1. The summed E-state index contributed by atoms with van der Waals surface area (Å²) in [6, 6.07) is 9.14. The van der Waals surface area contributed by atoms with E-state index in [9.17, 15) is 4.79 Å². The molecule has 0 saturated carbocycles. The molecule has 1 amide bonds. The van der Waals surface area contributed by atoms with Crippen molar-refractivity contribution >= 4 is 23.3 Å². The van der Waals surface area contributed by atoms with Crippen LogP contribution in [0.1, 0.15) is 17.7 Å². The van der Waals surface area contributed by atoms with Crippen molar-refractivity contribution < 1.29 is 9.32 Å². The number of anilines is 1. The van der Waals surface area contributed by atoms with Crippen LogP contribution >= 0.6 is 11.6 Å². The van der Waals surface area contributed by atoms with Crippen molar-refractivity contribution in [1.29, 1.82) is 0 Å². The van der Waals surface area contributed by atoms with Crippen molar-refractivity contribution in [2.24, 2.45) is 0 Å². The first-order valence-electron chi connectivity index (χ1n) is 5.61. The third-order valence-corrected chi connectivity index (χ3v) is 2.70. The molecule has 0 spiro atoms. The molecule has 0 aliphatic carbocycles. The van der Waals surface area contributed by atoms with Gasteiger partial charge < -0.3 is 9.84 Å². The fourth-order valence-electron chi connectivity index (χ4n) is 1.54.